The highest BCUT2D eigenvalue weighted by Crippen LogP contribution is 2.33. The maximum Gasteiger partial charge on any atom is 0.238 e. The highest BCUT2D eigenvalue weighted by atomic mass is 79.9. The molecule has 0 spiro atoms. The fraction of sp³-hybridized carbons (Fsp3) is 0.176. The lowest BCUT2D eigenvalue weighted by Gasteiger charge is -2.14. The first-order valence-electron chi connectivity index (χ1n) is 7.65. The molecule has 26 heavy (non-hydrogen) atoms. The predicted molar refractivity (Wildman–Crippen MR) is 106 cm³/mol. The van der Waals surface area contributed by atoms with Crippen LogP contribution in [0.3, 0.4) is 0 Å². The summed E-state index contributed by atoms with van der Waals surface area (Å²) in [5.74, 6) is 0.244. The maximum atomic E-state index is 11.5. The number of aryl methyl sites for hydroxylation is 1. The Morgan fingerprint density at radius 2 is 2.15 bits per heavy atom. The fourth-order valence-corrected chi connectivity index (χ4v) is 3.32. The van der Waals surface area contributed by atoms with Gasteiger partial charge in [-0.25, -0.2) is 4.98 Å². The van der Waals surface area contributed by atoms with Crippen LogP contribution in [0, 0.1) is 6.92 Å². The van der Waals surface area contributed by atoms with Gasteiger partial charge in [0.2, 0.25) is 5.91 Å². The molecule has 0 unspecified atom stereocenters. The molecule has 0 aliphatic rings. The van der Waals surface area contributed by atoms with Gasteiger partial charge < -0.3 is 15.8 Å². The Bertz CT molecular complexity index is 991. The number of halogens is 3. The summed E-state index contributed by atoms with van der Waals surface area (Å²) < 4.78 is 8.65. The number of carbonyl (C=O) groups excluding carboxylic acids is 1. The van der Waals surface area contributed by atoms with E-state index < -0.39 is 0 Å². The number of nitrogens with two attached hydrogens (primary N) is 1. The third-order valence-electron chi connectivity index (χ3n) is 3.73. The summed E-state index contributed by atoms with van der Waals surface area (Å²) in [6.07, 6.45) is 1.88. The first-order valence-corrected chi connectivity index (χ1v) is 9.20. The molecule has 0 bridgehead atoms. The van der Waals surface area contributed by atoms with E-state index in [0.717, 1.165) is 10.3 Å². The highest BCUT2D eigenvalue weighted by Gasteiger charge is 2.15. The highest BCUT2D eigenvalue weighted by molar-refractivity contribution is 9.10. The second-order valence-corrected chi connectivity index (χ2v) is 7.02. The molecule has 2 aromatic heterocycles. The zero-order valence-corrected chi connectivity index (χ0v) is 16.8. The van der Waals surface area contributed by atoms with Crippen molar-refractivity contribution in [2.45, 2.75) is 13.5 Å². The molecule has 9 heteroatoms. The second-order valence-electron chi connectivity index (χ2n) is 5.48. The predicted octanol–water partition coefficient (Wildman–Crippen LogP) is 4.19. The number of rotatable bonds is 5. The third-order valence-corrected chi connectivity index (χ3v) is 5.47. The minimum Gasteiger partial charge on any atom is -0.485 e. The quantitative estimate of drug-likeness (QED) is 0.601. The molecule has 0 aliphatic heterocycles. The molecule has 1 amide bonds. The van der Waals surface area contributed by atoms with E-state index in [-0.39, 0.29) is 19.1 Å². The van der Waals surface area contributed by atoms with Gasteiger partial charge in [-0.15, -0.1) is 0 Å². The van der Waals surface area contributed by atoms with Crippen molar-refractivity contribution >= 4 is 56.4 Å². The van der Waals surface area contributed by atoms with Gasteiger partial charge in [0, 0.05) is 16.8 Å². The number of aromatic nitrogens is 2. The first kappa shape index (κ1) is 19.0. The van der Waals surface area contributed by atoms with E-state index in [2.05, 4.69) is 26.2 Å². The van der Waals surface area contributed by atoms with Crippen molar-refractivity contribution in [1.82, 2.24) is 9.38 Å². The average molecular weight is 458 g/mol. The summed E-state index contributed by atoms with van der Waals surface area (Å²) in [5, 5.41) is 3.38. The SMILES string of the molecule is Cc1nc2c(OCc3c(Cl)ccc(NC(=O)CN)c3Cl)cccn2c1Br. The summed E-state index contributed by atoms with van der Waals surface area (Å²) in [7, 11) is 0. The standard InChI is InChI=1S/C17H15BrCl2N4O2/c1-9-16(18)24-6-2-3-13(17(24)22-9)26-8-10-11(19)4-5-12(15(10)20)23-14(25)7-21/h2-6H,7-8,21H2,1H3,(H,23,25). The molecule has 3 aromatic rings. The van der Waals surface area contributed by atoms with Gasteiger partial charge in [0.05, 0.1) is 22.9 Å². The number of ether oxygens (including phenoxy) is 1. The molecule has 0 atom stereocenters. The molecule has 0 saturated carbocycles. The molecule has 0 aliphatic carbocycles. The van der Waals surface area contributed by atoms with Crippen molar-refractivity contribution in [2.75, 3.05) is 11.9 Å². The van der Waals surface area contributed by atoms with Crippen LogP contribution in [-0.2, 0) is 11.4 Å². The van der Waals surface area contributed by atoms with Gasteiger partial charge in [-0.3, -0.25) is 9.20 Å². The number of nitrogens with zero attached hydrogens (tertiary/aromatic N) is 2. The molecule has 0 saturated heterocycles. The summed E-state index contributed by atoms with van der Waals surface area (Å²) >= 11 is 16.1. The monoisotopic (exact) mass is 456 g/mol. The van der Waals surface area contributed by atoms with E-state index in [0.29, 0.717) is 32.7 Å². The van der Waals surface area contributed by atoms with Gasteiger partial charge in [-0.2, -0.15) is 0 Å². The van der Waals surface area contributed by atoms with E-state index in [9.17, 15) is 4.79 Å². The number of hydrogen-bond donors (Lipinski definition) is 2. The summed E-state index contributed by atoms with van der Waals surface area (Å²) in [6, 6.07) is 6.94. The van der Waals surface area contributed by atoms with Gasteiger partial charge in [0.1, 0.15) is 11.2 Å². The van der Waals surface area contributed by atoms with Crippen molar-refractivity contribution in [3.05, 3.63) is 56.4 Å². The lowest BCUT2D eigenvalue weighted by molar-refractivity contribution is -0.114. The van der Waals surface area contributed by atoms with Crippen molar-refractivity contribution in [3.8, 4) is 5.75 Å². The number of amides is 1. The molecule has 3 N–H and O–H groups in total. The Morgan fingerprint density at radius 1 is 1.38 bits per heavy atom. The number of nitrogens with one attached hydrogen (secondary N) is 1. The number of anilines is 1. The average Bonchev–Trinajstić information content (AvgIpc) is 2.92. The third kappa shape index (κ3) is 3.66. The van der Waals surface area contributed by atoms with E-state index in [4.69, 9.17) is 33.7 Å². The van der Waals surface area contributed by atoms with Gasteiger partial charge in [-0.1, -0.05) is 23.2 Å². The van der Waals surface area contributed by atoms with Crippen LogP contribution in [-0.4, -0.2) is 21.8 Å². The molecule has 6 nitrogen and oxygen atoms in total. The van der Waals surface area contributed by atoms with Crippen LogP contribution >= 0.6 is 39.1 Å². The number of carbonyl (C=O) groups is 1. The van der Waals surface area contributed by atoms with Crippen LogP contribution in [0.5, 0.6) is 5.75 Å². The van der Waals surface area contributed by atoms with Crippen molar-refractivity contribution in [2.24, 2.45) is 5.73 Å². The molecular formula is C17H15BrCl2N4O2. The summed E-state index contributed by atoms with van der Waals surface area (Å²) in [5.41, 5.74) is 7.84. The van der Waals surface area contributed by atoms with Gasteiger partial charge in [0.25, 0.3) is 0 Å². The van der Waals surface area contributed by atoms with Crippen LogP contribution < -0.4 is 15.8 Å². The van der Waals surface area contributed by atoms with E-state index in [1.807, 2.05) is 29.7 Å². The Kier molecular flexibility index (Phi) is 5.72. The summed E-state index contributed by atoms with van der Waals surface area (Å²) in [4.78, 5) is 16.0. The molecule has 0 fully saturated rings. The zero-order chi connectivity index (χ0) is 18.8. The molecule has 0 radical (unpaired) electrons. The zero-order valence-electron chi connectivity index (χ0n) is 13.7. The molecule has 136 valence electrons. The lowest BCUT2D eigenvalue weighted by Crippen LogP contribution is -2.22. The Labute approximate surface area is 168 Å². The molecule has 2 heterocycles. The van der Waals surface area contributed by atoms with Crippen molar-refractivity contribution in [1.29, 1.82) is 0 Å². The van der Waals surface area contributed by atoms with Crippen LogP contribution in [0.1, 0.15) is 11.3 Å². The number of pyridine rings is 1. The first-order chi connectivity index (χ1) is 12.4. The molecular weight excluding hydrogens is 443 g/mol. The maximum absolute atomic E-state index is 11.5. The molecule has 1 aromatic carbocycles. The van der Waals surface area contributed by atoms with Gasteiger partial charge >= 0.3 is 0 Å². The molecule has 3 rings (SSSR count). The smallest absolute Gasteiger partial charge is 0.238 e. The second kappa shape index (κ2) is 7.84. The fourth-order valence-electron chi connectivity index (χ4n) is 2.42. The normalized spacial score (nSPS) is 11.0. The van der Waals surface area contributed by atoms with Gasteiger partial charge in [0.15, 0.2) is 11.4 Å². The van der Waals surface area contributed by atoms with Crippen molar-refractivity contribution < 1.29 is 9.53 Å². The van der Waals surface area contributed by atoms with E-state index in [1.165, 1.54) is 0 Å². The van der Waals surface area contributed by atoms with Crippen LogP contribution in [0.4, 0.5) is 5.69 Å². The van der Waals surface area contributed by atoms with Crippen LogP contribution in [0.15, 0.2) is 35.1 Å². The Balaban J connectivity index is 1.89. The van der Waals surface area contributed by atoms with Crippen molar-refractivity contribution in [3.63, 3.8) is 0 Å². The van der Waals surface area contributed by atoms with Crippen LogP contribution in [0.25, 0.3) is 5.65 Å². The minimum atomic E-state index is -0.344. The van der Waals surface area contributed by atoms with E-state index >= 15 is 0 Å². The Hall–Kier alpha value is -1.80. The topological polar surface area (TPSA) is 81.6 Å². The number of imidazole rings is 1. The minimum absolute atomic E-state index is 0.118. The number of benzene rings is 1. The van der Waals surface area contributed by atoms with Crippen LogP contribution in [0.2, 0.25) is 10.0 Å². The summed E-state index contributed by atoms with van der Waals surface area (Å²) in [6.45, 7) is 1.88. The number of hydrogen-bond acceptors (Lipinski definition) is 4. The Morgan fingerprint density at radius 3 is 2.88 bits per heavy atom. The van der Waals surface area contributed by atoms with Gasteiger partial charge in [-0.05, 0) is 47.1 Å². The lowest BCUT2D eigenvalue weighted by atomic mass is 10.2. The largest absolute Gasteiger partial charge is 0.485 e. The number of fused-ring (bicyclic) bond motifs is 1. The van der Waals surface area contributed by atoms with E-state index in [1.54, 1.807) is 12.1 Å².